The Kier molecular flexibility index (Phi) is 5.53. The molecule has 1 aromatic carbocycles. The summed E-state index contributed by atoms with van der Waals surface area (Å²) in [6.45, 7) is 2.61. The molecule has 2 rings (SSSR count). The molecule has 0 bridgehead atoms. The molecule has 9 heteroatoms. The van der Waals surface area contributed by atoms with Gasteiger partial charge in [-0.25, -0.2) is 16.8 Å². The number of nitrogens with one attached hydrogen (secondary N) is 1. The van der Waals surface area contributed by atoms with Crippen LogP contribution in [0.5, 0.6) is 0 Å². The van der Waals surface area contributed by atoms with Crippen molar-refractivity contribution in [2.45, 2.75) is 25.8 Å². The highest BCUT2D eigenvalue weighted by atomic mass is 32.2. The van der Waals surface area contributed by atoms with Crippen LogP contribution in [0.4, 0.5) is 11.4 Å². The maximum atomic E-state index is 12.2. The molecule has 1 fully saturated rings. The molecule has 1 aliphatic heterocycles. The first-order valence-electron chi connectivity index (χ1n) is 7.40. The number of benzene rings is 1. The Balaban J connectivity index is 2.26. The molecule has 1 aliphatic rings. The summed E-state index contributed by atoms with van der Waals surface area (Å²) in [5.41, 5.74) is 0.940. The lowest BCUT2D eigenvalue weighted by Crippen LogP contribution is -2.43. The minimum absolute atomic E-state index is 0.0215. The molecule has 23 heavy (non-hydrogen) atoms. The Morgan fingerprint density at radius 2 is 1.70 bits per heavy atom. The van der Waals surface area contributed by atoms with Gasteiger partial charge in [-0.05, 0) is 44.0 Å². The zero-order chi connectivity index (χ0) is 17.1. The summed E-state index contributed by atoms with van der Waals surface area (Å²) in [6, 6.07) is 6.23. The van der Waals surface area contributed by atoms with E-state index in [0.29, 0.717) is 37.4 Å². The van der Waals surface area contributed by atoms with E-state index < -0.39 is 20.0 Å². The molecule has 0 unspecified atom stereocenters. The number of hydrogen-bond donors (Lipinski definition) is 1. The number of rotatable bonds is 6. The zero-order valence-corrected chi connectivity index (χ0v) is 14.9. The van der Waals surface area contributed by atoms with Crippen LogP contribution in [0.25, 0.3) is 0 Å². The quantitative estimate of drug-likeness (QED) is 0.825. The topological polar surface area (TPSA) is 92.8 Å². The lowest BCUT2D eigenvalue weighted by molar-refractivity contribution is 0.0876. The van der Waals surface area contributed by atoms with Gasteiger partial charge in [0.2, 0.25) is 20.0 Å². The zero-order valence-electron chi connectivity index (χ0n) is 13.2. The molecule has 130 valence electrons. The molecule has 0 aliphatic carbocycles. The number of ether oxygens (including phenoxy) is 1. The first kappa shape index (κ1) is 18.0. The minimum atomic E-state index is -3.43. The minimum Gasteiger partial charge on any atom is -0.381 e. The van der Waals surface area contributed by atoms with Crippen molar-refractivity contribution in [3.8, 4) is 0 Å². The molecule has 0 radical (unpaired) electrons. The van der Waals surface area contributed by atoms with Gasteiger partial charge in [-0.2, -0.15) is 0 Å². The first-order chi connectivity index (χ1) is 10.7. The maximum Gasteiger partial charge on any atom is 0.232 e. The van der Waals surface area contributed by atoms with Gasteiger partial charge in [0.15, 0.2) is 0 Å². The van der Waals surface area contributed by atoms with Gasteiger partial charge in [-0.1, -0.05) is 0 Å². The van der Waals surface area contributed by atoms with E-state index in [1.807, 2.05) is 0 Å². The van der Waals surface area contributed by atoms with Crippen LogP contribution >= 0.6 is 0 Å². The van der Waals surface area contributed by atoms with Gasteiger partial charge < -0.3 is 4.74 Å². The van der Waals surface area contributed by atoms with Crippen LogP contribution in [0.2, 0.25) is 0 Å². The van der Waals surface area contributed by atoms with E-state index in [9.17, 15) is 16.8 Å². The Morgan fingerprint density at radius 3 is 2.17 bits per heavy atom. The Bertz CT molecular complexity index is 723. The Labute approximate surface area is 137 Å². The van der Waals surface area contributed by atoms with Crippen LogP contribution in [-0.4, -0.2) is 48.1 Å². The second-order valence-corrected chi connectivity index (χ2v) is 9.33. The van der Waals surface area contributed by atoms with Gasteiger partial charge in [0, 0.05) is 24.9 Å². The highest BCUT2D eigenvalue weighted by molar-refractivity contribution is 7.92. The van der Waals surface area contributed by atoms with Gasteiger partial charge in [0.1, 0.15) is 0 Å². The first-order valence-corrected chi connectivity index (χ1v) is 10.9. The molecule has 0 amide bonds. The Morgan fingerprint density at radius 1 is 1.13 bits per heavy atom. The number of sulfonamides is 2. The van der Waals surface area contributed by atoms with E-state index in [0.717, 1.165) is 0 Å². The largest absolute Gasteiger partial charge is 0.381 e. The summed E-state index contributed by atoms with van der Waals surface area (Å²) in [5, 5.41) is 0. The van der Waals surface area contributed by atoms with Crippen molar-refractivity contribution in [1.29, 1.82) is 0 Å². The summed E-state index contributed by atoms with van der Waals surface area (Å²) < 4.78 is 56.6. The molecule has 0 aromatic heterocycles. The van der Waals surface area contributed by atoms with E-state index in [1.165, 1.54) is 10.6 Å². The van der Waals surface area contributed by atoms with E-state index in [4.69, 9.17) is 4.74 Å². The van der Waals surface area contributed by atoms with Gasteiger partial charge in [-0.3, -0.25) is 9.03 Å². The molecule has 0 atom stereocenters. The van der Waals surface area contributed by atoms with Crippen molar-refractivity contribution in [1.82, 2.24) is 0 Å². The van der Waals surface area contributed by atoms with Crippen molar-refractivity contribution >= 4 is 31.4 Å². The standard InChI is InChI=1S/C14H22N2O5S2/c1-3-23(19,20)15-12-4-6-13(7-5-12)16(22(2,17)18)14-8-10-21-11-9-14/h4-7,14-15H,3,8-11H2,1-2H3. The van der Waals surface area contributed by atoms with Crippen molar-refractivity contribution in [2.24, 2.45) is 0 Å². The van der Waals surface area contributed by atoms with Gasteiger partial charge in [0.25, 0.3) is 0 Å². The summed E-state index contributed by atoms with van der Waals surface area (Å²) in [7, 11) is -6.78. The third kappa shape index (κ3) is 4.82. The van der Waals surface area contributed by atoms with Crippen molar-refractivity contribution in [2.75, 3.05) is 34.2 Å². The van der Waals surface area contributed by atoms with Crippen molar-refractivity contribution in [3.63, 3.8) is 0 Å². The smallest absolute Gasteiger partial charge is 0.232 e. The van der Waals surface area contributed by atoms with Crippen LogP contribution in [0.1, 0.15) is 19.8 Å². The lowest BCUT2D eigenvalue weighted by atomic mass is 10.1. The second kappa shape index (κ2) is 7.06. The average molecular weight is 362 g/mol. The van der Waals surface area contributed by atoms with E-state index >= 15 is 0 Å². The van der Waals surface area contributed by atoms with Crippen LogP contribution < -0.4 is 9.03 Å². The molecule has 1 heterocycles. The molecule has 7 nitrogen and oxygen atoms in total. The molecule has 1 saturated heterocycles. The molecule has 1 aromatic rings. The summed E-state index contributed by atoms with van der Waals surface area (Å²) in [4.78, 5) is 0. The third-order valence-corrected chi connectivity index (χ3v) is 6.19. The van der Waals surface area contributed by atoms with Crippen molar-refractivity contribution < 1.29 is 21.6 Å². The number of anilines is 2. The average Bonchev–Trinajstić information content (AvgIpc) is 2.49. The molecule has 0 spiro atoms. The fourth-order valence-electron chi connectivity index (χ4n) is 2.52. The van der Waals surface area contributed by atoms with E-state index in [1.54, 1.807) is 31.2 Å². The SMILES string of the molecule is CCS(=O)(=O)Nc1ccc(N(C2CCOCC2)S(C)(=O)=O)cc1. The van der Waals surface area contributed by atoms with Crippen LogP contribution in [-0.2, 0) is 24.8 Å². The maximum absolute atomic E-state index is 12.2. The molecule has 1 N–H and O–H groups in total. The normalized spacial score (nSPS) is 17.0. The number of nitrogens with zero attached hydrogens (tertiary/aromatic N) is 1. The Hall–Kier alpha value is -1.32. The number of hydrogen-bond acceptors (Lipinski definition) is 5. The molecular weight excluding hydrogens is 340 g/mol. The molecule has 0 saturated carbocycles. The summed E-state index contributed by atoms with van der Waals surface area (Å²) >= 11 is 0. The van der Waals surface area contributed by atoms with E-state index in [2.05, 4.69) is 4.72 Å². The summed E-state index contributed by atoms with van der Waals surface area (Å²) in [5.74, 6) is -0.0215. The van der Waals surface area contributed by atoms with Crippen LogP contribution in [0.3, 0.4) is 0 Å². The predicted octanol–water partition coefficient (Wildman–Crippen LogP) is 1.39. The monoisotopic (exact) mass is 362 g/mol. The predicted molar refractivity (Wildman–Crippen MR) is 90.7 cm³/mol. The fourth-order valence-corrected chi connectivity index (χ4v) is 4.42. The van der Waals surface area contributed by atoms with Crippen molar-refractivity contribution in [3.05, 3.63) is 24.3 Å². The fraction of sp³-hybridized carbons (Fsp3) is 0.571. The highest BCUT2D eigenvalue weighted by Crippen LogP contribution is 2.27. The van der Waals surface area contributed by atoms with Gasteiger partial charge >= 0.3 is 0 Å². The van der Waals surface area contributed by atoms with Gasteiger partial charge in [-0.15, -0.1) is 0 Å². The lowest BCUT2D eigenvalue weighted by Gasteiger charge is -2.34. The third-order valence-electron chi connectivity index (χ3n) is 3.65. The highest BCUT2D eigenvalue weighted by Gasteiger charge is 2.28. The van der Waals surface area contributed by atoms with E-state index in [-0.39, 0.29) is 11.8 Å². The van der Waals surface area contributed by atoms with Crippen LogP contribution in [0.15, 0.2) is 24.3 Å². The summed E-state index contributed by atoms with van der Waals surface area (Å²) in [6.07, 6.45) is 2.45. The van der Waals surface area contributed by atoms with Crippen LogP contribution in [0, 0.1) is 0 Å². The second-order valence-electron chi connectivity index (χ2n) is 5.45. The van der Waals surface area contributed by atoms with Gasteiger partial charge in [0.05, 0.1) is 17.7 Å². The molecular formula is C14H22N2O5S2.